The van der Waals surface area contributed by atoms with Crippen molar-refractivity contribution in [3.63, 3.8) is 0 Å². The van der Waals surface area contributed by atoms with Gasteiger partial charge in [-0.1, -0.05) is 0 Å². The lowest BCUT2D eigenvalue weighted by Gasteiger charge is -2.35. The van der Waals surface area contributed by atoms with E-state index in [1.165, 1.54) is 19.1 Å². The maximum absolute atomic E-state index is 12.6. The molecule has 0 unspecified atom stereocenters. The number of fused-ring (bicyclic) bond motifs is 1. The van der Waals surface area contributed by atoms with E-state index in [4.69, 9.17) is 0 Å². The molecule has 2 aromatic heterocycles. The van der Waals surface area contributed by atoms with Crippen LogP contribution in [0.25, 0.3) is 0 Å². The first-order chi connectivity index (χ1) is 12.7. The fourth-order valence-corrected chi connectivity index (χ4v) is 6.12. The first kappa shape index (κ1) is 18.6. The van der Waals surface area contributed by atoms with E-state index in [2.05, 4.69) is 49.3 Å². The number of piperazine rings is 1. The highest BCUT2D eigenvalue weighted by molar-refractivity contribution is 9.11. The van der Waals surface area contributed by atoms with E-state index >= 15 is 0 Å². The SMILES string of the molecule is O=C(CCN1CCN(Cc2ccc(Br)s2)CC1)N1CCc2sccc2C1. The zero-order valence-electron chi connectivity index (χ0n) is 14.8. The predicted molar refractivity (Wildman–Crippen MR) is 112 cm³/mol. The second-order valence-electron chi connectivity index (χ2n) is 7.01. The number of hydrogen-bond donors (Lipinski definition) is 0. The van der Waals surface area contributed by atoms with Gasteiger partial charge in [-0.2, -0.15) is 0 Å². The summed E-state index contributed by atoms with van der Waals surface area (Å²) >= 11 is 7.18. The summed E-state index contributed by atoms with van der Waals surface area (Å²) in [5.41, 5.74) is 1.35. The Morgan fingerprint density at radius 3 is 2.65 bits per heavy atom. The van der Waals surface area contributed by atoms with Crippen LogP contribution in [0.3, 0.4) is 0 Å². The van der Waals surface area contributed by atoms with Crippen molar-refractivity contribution in [3.05, 3.63) is 42.7 Å². The second-order valence-corrected chi connectivity index (χ2v) is 10.6. The lowest BCUT2D eigenvalue weighted by molar-refractivity contribution is -0.132. The molecule has 7 heteroatoms. The van der Waals surface area contributed by atoms with Crippen molar-refractivity contribution in [2.24, 2.45) is 0 Å². The number of hydrogen-bond acceptors (Lipinski definition) is 5. The van der Waals surface area contributed by atoms with Crippen molar-refractivity contribution in [3.8, 4) is 0 Å². The molecule has 140 valence electrons. The van der Waals surface area contributed by atoms with Gasteiger partial charge in [0.1, 0.15) is 0 Å². The first-order valence-electron chi connectivity index (χ1n) is 9.19. The Morgan fingerprint density at radius 2 is 1.88 bits per heavy atom. The van der Waals surface area contributed by atoms with Crippen LogP contribution in [0, 0.1) is 0 Å². The van der Waals surface area contributed by atoms with Crippen LogP contribution in [0.5, 0.6) is 0 Å². The van der Waals surface area contributed by atoms with Gasteiger partial charge in [-0.15, -0.1) is 22.7 Å². The molecule has 2 aromatic rings. The lowest BCUT2D eigenvalue weighted by Crippen LogP contribution is -2.47. The van der Waals surface area contributed by atoms with Crippen LogP contribution in [0.15, 0.2) is 27.4 Å². The number of rotatable bonds is 5. The van der Waals surface area contributed by atoms with Gasteiger partial charge in [0.2, 0.25) is 5.91 Å². The van der Waals surface area contributed by atoms with Crippen LogP contribution < -0.4 is 0 Å². The van der Waals surface area contributed by atoms with Gasteiger partial charge in [-0.05, 0) is 51.5 Å². The Labute approximate surface area is 171 Å². The van der Waals surface area contributed by atoms with Crippen molar-refractivity contribution in [1.29, 1.82) is 0 Å². The average molecular weight is 454 g/mol. The molecule has 0 spiro atoms. The van der Waals surface area contributed by atoms with E-state index in [1.54, 1.807) is 0 Å². The molecule has 0 radical (unpaired) electrons. The van der Waals surface area contributed by atoms with Crippen LogP contribution in [0.1, 0.15) is 21.7 Å². The fourth-order valence-electron chi connectivity index (χ4n) is 3.70. The molecule has 2 aliphatic heterocycles. The molecule has 2 aliphatic rings. The van der Waals surface area contributed by atoms with Crippen LogP contribution in [0.2, 0.25) is 0 Å². The summed E-state index contributed by atoms with van der Waals surface area (Å²) in [6, 6.07) is 6.50. The average Bonchev–Trinajstić information content (AvgIpc) is 3.29. The molecule has 0 aromatic carbocycles. The smallest absolute Gasteiger partial charge is 0.224 e. The molecule has 4 rings (SSSR count). The van der Waals surface area contributed by atoms with E-state index in [1.807, 2.05) is 27.6 Å². The van der Waals surface area contributed by atoms with E-state index in [9.17, 15) is 4.79 Å². The van der Waals surface area contributed by atoms with Gasteiger partial charge in [0, 0.05) is 68.5 Å². The maximum Gasteiger partial charge on any atom is 0.224 e. The zero-order chi connectivity index (χ0) is 17.9. The molecule has 4 heterocycles. The maximum atomic E-state index is 12.6. The summed E-state index contributed by atoms with van der Waals surface area (Å²) in [6.45, 7) is 7.93. The molecule has 0 aliphatic carbocycles. The van der Waals surface area contributed by atoms with E-state index < -0.39 is 0 Å². The number of thiophene rings is 2. The monoisotopic (exact) mass is 453 g/mol. The van der Waals surface area contributed by atoms with E-state index in [0.717, 1.165) is 58.8 Å². The van der Waals surface area contributed by atoms with Crippen LogP contribution in [-0.4, -0.2) is 59.9 Å². The molecule has 1 saturated heterocycles. The summed E-state index contributed by atoms with van der Waals surface area (Å²) in [5, 5.41) is 2.15. The molecule has 0 bridgehead atoms. The second kappa shape index (κ2) is 8.52. The minimum absolute atomic E-state index is 0.313. The fraction of sp³-hybridized carbons (Fsp3) is 0.526. The molecular formula is C19H24BrN3OS2. The van der Waals surface area contributed by atoms with Crippen LogP contribution in [0.4, 0.5) is 0 Å². The van der Waals surface area contributed by atoms with E-state index in [0.29, 0.717) is 12.3 Å². The van der Waals surface area contributed by atoms with Crippen molar-refractivity contribution in [2.45, 2.75) is 25.9 Å². The minimum atomic E-state index is 0.313. The number of carbonyl (C=O) groups excluding carboxylic acids is 1. The Bertz CT molecular complexity index is 752. The summed E-state index contributed by atoms with van der Waals surface area (Å²) in [5.74, 6) is 0.313. The van der Waals surface area contributed by atoms with Gasteiger partial charge in [0.05, 0.1) is 3.79 Å². The molecule has 0 N–H and O–H groups in total. The molecule has 26 heavy (non-hydrogen) atoms. The lowest BCUT2D eigenvalue weighted by atomic mass is 10.1. The van der Waals surface area contributed by atoms with Crippen molar-refractivity contribution in [2.75, 3.05) is 39.3 Å². The van der Waals surface area contributed by atoms with E-state index in [-0.39, 0.29) is 0 Å². The highest BCUT2D eigenvalue weighted by Gasteiger charge is 2.23. The normalized spacial score (nSPS) is 18.9. The third-order valence-electron chi connectivity index (χ3n) is 5.28. The van der Waals surface area contributed by atoms with Gasteiger partial charge < -0.3 is 9.80 Å². The van der Waals surface area contributed by atoms with Crippen molar-refractivity contribution < 1.29 is 4.79 Å². The zero-order valence-corrected chi connectivity index (χ0v) is 18.0. The third kappa shape index (κ3) is 4.57. The Hall–Kier alpha value is -0.730. The number of carbonyl (C=O) groups is 1. The van der Waals surface area contributed by atoms with Gasteiger partial charge in [-0.25, -0.2) is 0 Å². The van der Waals surface area contributed by atoms with Gasteiger partial charge in [0.25, 0.3) is 0 Å². The first-order valence-corrected chi connectivity index (χ1v) is 11.7. The highest BCUT2D eigenvalue weighted by atomic mass is 79.9. The number of halogens is 1. The van der Waals surface area contributed by atoms with Crippen molar-refractivity contribution in [1.82, 2.24) is 14.7 Å². The highest BCUT2D eigenvalue weighted by Crippen LogP contribution is 2.25. The number of amides is 1. The minimum Gasteiger partial charge on any atom is -0.338 e. The Morgan fingerprint density at radius 1 is 1.08 bits per heavy atom. The van der Waals surface area contributed by atoms with Crippen LogP contribution in [-0.2, 0) is 24.3 Å². The Kier molecular flexibility index (Phi) is 6.10. The van der Waals surface area contributed by atoms with Gasteiger partial charge in [0.15, 0.2) is 0 Å². The topological polar surface area (TPSA) is 26.8 Å². The summed E-state index contributed by atoms with van der Waals surface area (Å²) in [6.07, 6.45) is 1.67. The standard InChI is InChI=1S/C19H24BrN3OS2/c20-18-2-1-16(26-18)14-22-10-8-21(9-11-22)6-4-19(24)23-7-3-17-15(13-23)5-12-25-17/h1-2,5,12H,3-4,6-11,13-14H2. The molecule has 1 amide bonds. The van der Waals surface area contributed by atoms with Gasteiger partial charge in [-0.3, -0.25) is 9.69 Å². The van der Waals surface area contributed by atoms with Gasteiger partial charge >= 0.3 is 0 Å². The predicted octanol–water partition coefficient (Wildman–Crippen LogP) is 3.66. The summed E-state index contributed by atoms with van der Waals surface area (Å²) in [4.78, 5) is 22.4. The molecule has 4 nitrogen and oxygen atoms in total. The Balaban J connectivity index is 1.18. The molecule has 0 atom stereocenters. The molecule has 1 fully saturated rings. The largest absolute Gasteiger partial charge is 0.338 e. The van der Waals surface area contributed by atoms with Crippen LogP contribution >= 0.6 is 38.6 Å². The molecular weight excluding hydrogens is 430 g/mol. The summed E-state index contributed by atoms with van der Waals surface area (Å²) < 4.78 is 1.21. The molecule has 0 saturated carbocycles. The number of nitrogens with zero attached hydrogens (tertiary/aromatic N) is 3. The van der Waals surface area contributed by atoms with Crippen molar-refractivity contribution >= 4 is 44.5 Å². The third-order valence-corrected chi connectivity index (χ3v) is 7.91. The quantitative estimate of drug-likeness (QED) is 0.690. The summed E-state index contributed by atoms with van der Waals surface area (Å²) in [7, 11) is 0.